The highest BCUT2D eigenvalue weighted by atomic mass is 16.2. The molecule has 2 aromatic rings. The molecule has 0 spiro atoms. The number of hydrogen-bond donors (Lipinski definition) is 1. The van der Waals surface area contributed by atoms with Crippen molar-refractivity contribution >= 4 is 17.7 Å². The van der Waals surface area contributed by atoms with Crippen molar-refractivity contribution in [2.45, 2.75) is 6.42 Å². The van der Waals surface area contributed by atoms with Gasteiger partial charge in [-0.2, -0.15) is 5.26 Å². The first-order valence-electron chi connectivity index (χ1n) is 9.70. The SMILES string of the molecule is N#Cc1cccc(NCCC(=O)N2CCN(C/C=C/c3ccccc3)CC2)c1. The summed E-state index contributed by atoms with van der Waals surface area (Å²) in [7, 11) is 0. The fourth-order valence-electron chi connectivity index (χ4n) is 3.25. The van der Waals surface area contributed by atoms with Gasteiger partial charge in [-0.25, -0.2) is 0 Å². The molecular weight excluding hydrogens is 348 g/mol. The second-order valence-electron chi connectivity index (χ2n) is 6.86. The third-order valence-electron chi connectivity index (χ3n) is 4.86. The summed E-state index contributed by atoms with van der Waals surface area (Å²) in [6, 6.07) is 19.7. The first-order valence-corrected chi connectivity index (χ1v) is 9.70. The second-order valence-corrected chi connectivity index (χ2v) is 6.86. The fourth-order valence-corrected chi connectivity index (χ4v) is 3.25. The Hall–Kier alpha value is -3.10. The van der Waals surface area contributed by atoms with Crippen LogP contribution in [-0.4, -0.2) is 55.0 Å². The molecule has 1 heterocycles. The molecule has 2 aromatic carbocycles. The lowest BCUT2D eigenvalue weighted by molar-refractivity contribution is -0.132. The van der Waals surface area contributed by atoms with E-state index < -0.39 is 0 Å². The molecular formula is C23H26N4O. The number of hydrogen-bond acceptors (Lipinski definition) is 4. The molecule has 5 heteroatoms. The maximum Gasteiger partial charge on any atom is 0.224 e. The smallest absolute Gasteiger partial charge is 0.224 e. The maximum absolute atomic E-state index is 12.4. The standard InChI is InChI=1S/C23H26N4O/c24-19-21-8-4-10-22(18-21)25-12-11-23(28)27-16-14-26(15-17-27)13-5-9-20-6-2-1-3-7-20/h1-10,18,25H,11-17H2/b9-5+. The number of nitriles is 1. The monoisotopic (exact) mass is 374 g/mol. The maximum atomic E-state index is 12.4. The second kappa shape index (κ2) is 10.3. The molecule has 1 N–H and O–H groups in total. The van der Waals surface area contributed by atoms with E-state index in [1.807, 2.05) is 35.2 Å². The summed E-state index contributed by atoms with van der Waals surface area (Å²) < 4.78 is 0. The van der Waals surface area contributed by atoms with Gasteiger partial charge in [-0.05, 0) is 23.8 Å². The molecule has 28 heavy (non-hydrogen) atoms. The van der Waals surface area contributed by atoms with Crippen LogP contribution in [0.2, 0.25) is 0 Å². The molecule has 3 rings (SSSR count). The average molecular weight is 374 g/mol. The van der Waals surface area contributed by atoms with Crippen molar-refractivity contribution in [1.82, 2.24) is 9.80 Å². The van der Waals surface area contributed by atoms with E-state index in [4.69, 9.17) is 5.26 Å². The van der Waals surface area contributed by atoms with Gasteiger partial charge in [0.25, 0.3) is 0 Å². The number of benzene rings is 2. The summed E-state index contributed by atoms with van der Waals surface area (Å²) in [5.74, 6) is 0.184. The van der Waals surface area contributed by atoms with E-state index in [9.17, 15) is 4.79 Å². The van der Waals surface area contributed by atoms with Crippen LogP contribution >= 0.6 is 0 Å². The number of nitrogens with zero attached hydrogens (tertiary/aromatic N) is 3. The van der Waals surface area contributed by atoms with E-state index in [1.165, 1.54) is 5.56 Å². The predicted octanol–water partition coefficient (Wildman–Crippen LogP) is 3.22. The number of piperazine rings is 1. The Kier molecular flexibility index (Phi) is 7.22. The van der Waals surface area contributed by atoms with Crippen molar-refractivity contribution in [3.8, 4) is 6.07 Å². The fraction of sp³-hybridized carbons (Fsp3) is 0.304. The quantitative estimate of drug-likeness (QED) is 0.808. The molecule has 0 atom stereocenters. The topological polar surface area (TPSA) is 59.4 Å². The van der Waals surface area contributed by atoms with Crippen molar-refractivity contribution in [2.75, 3.05) is 44.6 Å². The first kappa shape index (κ1) is 19.7. The van der Waals surface area contributed by atoms with Crippen molar-refractivity contribution in [3.05, 3.63) is 71.8 Å². The molecule has 0 aromatic heterocycles. The van der Waals surface area contributed by atoms with Gasteiger partial charge in [-0.3, -0.25) is 9.69 Å². The summed E-state index contributed by atoms with van der Waals surface area (Å²) in [6.45, 7) is 4.86. The lowest BCUT2D eigenvalue weighted by Gasteiger charge is -2.34. The van der Waals surface area contributed by atoms with Crippen LogP contribution < -0.4 is 5.32 Å². The van der Waals surface area contributed by atoms with Gasteiger partial charge < -0.3 is 10.2 Å². The first-order chi connectivity index (χ1) is 13.7. The van der Waals surface area contributed by atoms with Crippen LogP contribution in [0.15, 0.2) is 60.7 Å². The van der Waals surface area contributed by atoms with E-state index in [-0.39, 0.29) is 5.91 Å². The summed E-state index contributed by atoms with van der Waals surface area (Å²) in [4.78, 5) is 16.7. The molecule has 0 unspecified atom stereocenters. The number of anilines is 1. The summed E-state index contributed by atoms with van der Waals surface area (Å²) in [5, 5.41) is 12.2. The van der Waals surface area contributed by atoms with Gasteiger partial charge in [0, 0.05) is 51.4 Å². The summed E-state index contributed by atoms with van der Waals surface area (Å²) in [6.07, 6.45) is 4.79. The van der Waals surface area contributed by atoms with Crippen LogP contribution in [0.25, 0.3) is 6.08 Å². The molecule has 5 nitrogen and oxygen atoms in total. The highest BCUT2D eigenvalue weighted by molar-refractivity contribution is 5.76. The lowest BCUT2D eigenvalue weighted by Crippen LogP contribution is -2.48. The lowest BCUT2D eigenvalue weighted by atomic mass is 10.2. The van der Waals surface area contributed by atoms with Crippen LogP contribution in [0, 0.1) is 11.3 Å². The van der Waals surface area contributed by atoms with E-state index >= 15 is 0 Å². The van der Waals surface area contributed by atoms with Gasteiger partial charge in [-0.1, -0.05) is 48.6 Å². The number of carbonyl (C=O) groups excluding carboxylic acids is 1. The zero-order valence-corrected chi connectivity index (χ0v) is 16.1. The van der Waals surface area contributed by atoms with Gasteiger partial charge in [0.1, 0.15) is 0 Å². The highest BCUT2D eigenvalue weighted by Crippen LogP contribution is 2.10. The van der Waals surface area contributed by atoms with Crippen molar-refractivity contribution < 1.29 is 4.79 Å². The average Bonchev–Trinajstić information content (AvgIpc) is 2.75. The molecule has 1 saturated heterocycles. The minimum Gasteiger partial charge on any atom is -0.384 e. The molecule has 0 bridgehead atoms. The van der Waals surface area contributed by atoms with Crippen molar-refractivity contribution in [2.24, 2.45) is 0 Å². The van der Waals surface area contributed by atoms with Gasteiger partial charge >= 0.3 is 0 Å². The molecule has 1 fully saturated rings. The normalized spacial score (nSPS) is 14.8. The minimum absolute atomic E-state index is 0.184. The van der Waals surface area contributed by atoms with Gasteiger partial charge in [-0.15, -0.1) is 0 Å². The molecule has 0 saturated carbocycles. The Bertz CT molecular complexity index is 833. The molecule has 144 valence electrons. The molecule has 1 amide bonds. The van der Waals surface area contributed by atoms with E-state index in [1.54, 1.807) is 12.1 Å². The number of amides is 1. The Labute approximate surface area is 166 Å². The number of carbonyl (C=O) groups is 1. The van der Waals surface area contributed by atoms with Crippen LogP contribution in [0.5, 0.6) is 0 Å². The van der Waals surface area contributed by atoms with E-state index in [2.05, 4.69) is 40.6 Å². The Morgan fingerprint density at radius 1 is 1.07 bits per heavy atom. The van der Waals surface area contributed by atoms with Crippen molar-refractivity contribution in [3.63, 3.8) is 0 Å². The van der Waals surface area contributed by atoms with Crippen LogP contribution in [0.1, 0.15) is 17.5 Å². The van der Waals surface area contributed by atoms with E-state index in [0.29, 0.717) is 18.5 Å². The number of nitrogens with one attached hydrogen (secondary N) is 1. The Morgan fingerprint density at radius 2 is 1.86 bits per heavy atom. The Balaban J connectivity index is 1.35. The summed E-state index contributed by atoms with van der Waals surface area (Å²) in [5.41, 5.74) is 2.71. The van der Waals surface area contributed by atoms with Gasteiger partial charge in [0.15, 0.2) is 0 Å². The van der Waals surface area contributed by atoms with E-state index in [0.717, 1.165) is 38.4 Å². The van der Waals surface area contributed by atoms with Gasteiger partial charge in [0.2, 0.25) is 5.91 Å². The zero-order chi connectivity index (χ0) is 19.6. The third kappa shape index (κ3) is 5.97. The molecule has 0 aliphatic carbocycles. The highest BCUT2D eigenvalue weighted by Gasteiger charge is 2.19. The number of rotatable bonds is 7. The predicted molar refractivity (Wildman–Crippen MR) is 113 cm³/mol. The van der Waals surface area contributed by atoms with Crippen molar-refractivity contribution in [1.29, 1.82) is 5.26 Å². The molecule has 0 radical (unpaired) electrons. The minimum atomic E-state index is 0.184. The zero-order valence-electron chi connectivity index (χ0n) is 16.1. The summed E-state index contributed by atoms with van der Waals surface area (Å²) >= 11 is 0. The van der Waals surface area contributed by atoms with Crippen LogP contribution in [0.4, 0.5) is 5.69 Å². The largest absolute Gasteiger partial charge is 0.384 e. The third-order valence-corrected chi connectivity index (χ3v) is 4.86. The molecule has 1 aliphatic heterocycles. The van der Waals surface area contributed by atoms with Gasteiger partial charge in [0.05, 0.1) is 11.6 Å². The van der Waals surface area contributed by atoms with Crippen LogP contribution in [0.3, 0.4) is 0 Å². The Morgan fingerprint density at radius 3 is 2.61 bits per heavy atom. The van der Waals surface area contributed by atoms with Crippen LogP contribution in [-0.2, 0) is 4.79 Å². The molecule has 1 aliphatic rings.